The fourth-order valence-electron chi connectivity index (χ4n) is 2.19. The predicted octanol–water partition coefficient (Wildman–Crippen LogP) is 2.57. The van der Waals surface area contributed by atoms with E-state index in [9.17, 15) is 4.79 Å². The van der Waals surface area contributed by atoms with Crippen molar-refractivity contribution < 1.29 is 9.53 Å². The molecule has 2 rings (SSSR count). The highest BCUT2D eigenvalue weighted by Crippen LogP contribution is 2.15. The number of ether oxygens (including phenoxy) is 1. The first-order valence-corrected chi connectivity index (χ1v) is 7.25. The van der Waals surface area contributed by atoms with Crippen LogP contribution in [0.1, 0.15) is 36.7 Å². The molecular weight excluding hydrogens is 296 g/mol. The van der Waals surface area contributed by atoms with Gasteiger partial charge in [0.15, 0.2) is 0 Å². The maximum absolute atomic E-state index is 12.1. The van der Waals surface area contributed by atoms with Crippen LogP contribution in [0, 0.1) is 0 Å². The molecule has 0 spiro atoms. The third kappa shape index (κ3) is 3.36. The van der Waals surface area contributed by atoms with Crippen molar-refractivity contribution in [1.82, 2.24) is 9.88 Å². The van der Waals surface area contributed by atoms with Crippen LogP contribution in [0.4, 0.5) is 0 Å². The molecule has 1 aromatic rings. The third-order valence-electron chi connectivity index (χ3n) is 3.20. The van der Waals surface area contributed by atoms with Gasteiger partial charge in [-0.05, 0) is 48.2 Å². The van der Waals surface area contributed by atoms with Crippen LogP contribution in [0.2, 0.25) is 0 Å². The van der Waals surface area contributed by atoms with Gasteiger partial charge in [-0.25, -0.2) is 0 Å². The van der Waals surface area contributed by atoms with Crippen molar-refractivity contribution >= 4 is 21.8 Å². The Morgan fingerprint density at radius 2 is 2.44 bits per heavy atom. The van der Waals surface area contributed by atoms with Gasteiger partial charge in [-0.3, -0.25) is 4.79 Å². The van der Waals surface area contributed by atoms with E-state index in [1.54, 1.807) is 0 Å². The SMILES string of the molecule is CCn1cc(Br)cc1C(=O)NCC1CCCCO1. The Kier molecular flexibility index (Phi) is 4.83. The van der Waals surface area contributed by atoms with E-state index in [1.807, 2.05) is 23.8 Å². The van der Waals surface area contributed by atoms with E-state index in [2.05, 4.69) is 21.2 Å². The standard InChI is InChI=1S/C13H19BrN2O2/c1-2-16-9-10(14)7-12(16)13(17)15-8-11-5-3-4-6-18-11/h7,9,11H,2-6,8H2,1H3,(H,15,17). The van der Waals surface area contributed by atoms with E-state index in [4.69, 9.17) is 4.74 Å². The van der Waals surface area contributed by atoms with Crippen molar-refractivity contribution in [3.63, 3.8) is 0 Å². The Morgan fingerprint density at radius 1 is 1.61 bits per heavy atom. The highest BCUT2D eigenvalue weighted by molar-refractivity contribution is 9.10. The lowest BCUT2D eigenvalue weighted by molar-refractivity contribution is 0.0168. The summed E-state index contributed by atoms with van der Waals surface area (Å²) in [5.74, 6) is -0.0308. The van der Waals surface area contributed by atoms with Crippen molar-refractivity contribution in [2.75, 3.05) is 13.2 Å². The number of hydrogen-bond acceptors (Lipinski definition) is 2. The average molecular weight is 315 g/mol. The zero-order valence-corrected chi connectivity index (χ0v) is 12.2. The second kappa shape index (κ2) is 6.38. The van der Waals surface area contributed by atoms with Crippen LogP contribution in [-0.2, 0) is 11.3 Å². The zero-order chi connectivity index (χ0) is 13.0. The number of amides is 1. The van der Waals surface area contributed by atoms with Gasteiger partial charge in [0.2, 0.25) is 0 Å². The highest BCUT2D eigenvalue weighted by atomic mass is 79.9. The molecule has 1 saturated heterocycles. The van der Waals surface area contributed by atoms with Gasteiger partial charge in [-0.1, -0.05) is 0 Å². The van der Waals surface area contributed by atoms with Gasteiger partial charge in [-0.15, -0.1) is 0 Å². The molecule has 0 aromatic carbocycles. The van der Waals surface area contributed by atoms with Gasteiger partial charge < -0.3 is 14.6 Å². The Labute approximate surface area is 116 Å². The molecule has 0 saturated carbocycles. The molecule has 1 fully saturated rings. The second-order valence-electron chi connectivity index (χ2n) is 4.53. The summed E-state index contributed by atoms with van der Waals surface area (Å²) in [7, 11) is 0. The lowest BCUT2D eigenvalue weighted by Crippen LogP contribution is -2.36. The molecule has 1 aliphatic rings. The molecule has 1 atom stereocenters. The van der Waals surface area contributed by atoms with Gasteiger partial charge in [0, 0.05) is 30.4 Å². The molecule has 1 amide bonds. The molecule has 1 unspecified atom stereocenters. The molecule has 0 bridgehead atoms. The fraction of sp³-hybridized carbons (Fsp3) is 0.615. The zero-order valence-electron chi connectivity index (χ0n) is 10.6. The number of halogens is 1. The summed E-state index contributed by atoms with van der Waals surface area (Å²) in [5, 5.41) is 2.95. The topological polar surface area (TPSA) is 43.3 Å². The van der Waals surface area contributed by atoms with Crippen LogP contribution in [-0.4, -0.2) is 29.7 Å². The van der Waals surface area contributed by atoms with E-state index in [0.717, 1.165) is 30.5 Å². The Balaban J connectivity index is 1.90. The Bertz CT molecular complexity index is 411. The second-order valence-corrected chi connectivity index (χ2v) is 5.44. The van der Waals surface area contributed by atoms with Crippen molar-refractivity contribution in [3.05, 3.63) is 22.4 Å². The van der Waals surface area contributed by atoms with Gasteiger partial charge in [-0.2, -0.15) is 0 Å². The van der Waals surface area contributed by atoms with Crippen molar-refractivity contribution in [2.45, 2.75) is 38.8 Å². The molecule has 1 aliphatic heterocycles. The van der Waals surface area contributed by atoms with Crippen LogP contribution in [0.5, 0.6) is 0 Å². The van der Waals surface area contributed by atoms with E-state index >= 15 is 0 Å². The minimum absolute atomic E-state index is 0.0308. The molecule has 100 valence electrons. The van der Waals surface area contributed by atoms with Crippen LogP contribution < -0.4 is 5.32 Å². The van der Waals surface area contributed by atoms with Crippen molar-refractivity contribution in [2.24, 2.45) is 0 Å². The lowest BCUT2D eigenvalue weighted by atomic mass is 10.1. The maximum Gasteiger partial charge on any atom is 0.268 e. The van der Waals surface area contributed by atoms with Crippen LogP contribution >= 0.6 is 15.9 Å². The fourth-order valence-corrected chi connectivity index (χ4v) is 2.66. The summed E-state index contributed by atoms with van der Waals surface area (Å²) in [6.45, 7) is 4.23. The first-order chi connectivity index (χ1) is 8.70. The van der Waals surface area contributed by atoms with E-state index in [0.29, 0.717) is 12.2 Å². The largest absolute Gasteiger partial charge is 0.376 e. The Hall–Kier alpha value is -0.810. The number of rotatable bonds is 4. The molecule has 0 aliphatic carbocycles. The first-order valence-electron chi connectivity index (χ1n) is 6.46. The Morgan fingerprint density at radius 3 is 3.11 bits per heavy atom. The monoisotopic (exact) mass is 314 g/mol. The molecule has 5 heteroatoms. The molecule has 1 aromatic heterocycles. The number of nitrogens with zero attached hydrogens (tertiary/aromatic N) is 1. The minimum atomic E-state index is -0.0308. The van der Waals surface area contributed by atoms with Crippen LogP contribution in [0.15, 0.2) is 16.7 Å². The van der Waals surface area contributed by atoms with Crippen molar-refractivity contribution in [1.29, 1.82) is 0 Å². The van der Waals surface area contributed by atoms with Gasteiger partial charge >= 0.3 is 0 Å². The first kappa shape index (κ1) is 13.6. The number of aromatic nitrogens is 1. The number of aryl methyl sites for hydroxylation is 1. The van der Waals surface area contributed by atoms with E-state index in [1.165, 1.54) is 6.42 Å². The summed E-state index contributed by atoms with van der Waals surface area (Å²) in [4.78, 5) is 12.1. The molecular formula is C13H19BrN2O2. The molecule has 18 heavy (non-hydrogen) atoms. The number of carbonyl (C=O) groups is 1. The normalized spacial score (nSPS) is 19.8. The van der Waals surface area contributed by atoms with Gasteiger partial charge in [0.1, 0.15) is 5.69 Å². The predicted molar refractivity (Wildman–Crippen MR) is 73.7 cm³/mol. The van der Waals surface area contributed by atoms with Crippen molar-refractivity contribution in [3.8, 4) is 0 Å². The lowest BCUT2D eigenvalue weighted by Gasteiger charge is -2.22. The van der Waals surface area contributed by atoms with Gasteiger partial charge in [0.05, 0.1) is 6.10 Å². The number of nitrogens with one attached hydrogen (secondary N) is 1. The summed E-state index contributed by atoms with van der Waals surface area (Å²) in [5.41, 5.74) is 0.695. The maximum atomic E-state index is 12.1. The molecule has 2 heterocycles. The van der Waals surface area contributed by atoms with E-state index in [-0.39, 0.29) is 12.0 Å². The number of hydrogen-bond donors (Lipinski definition) is 1. The molecule has 4 nitrogen and oxygen atoms in total. The van der Waals surface area contributed by atoms with Gasteiger partial charge in [0.25, 0.3) is 5.91 Å². The van der Waals surface area contributed by atoms with Crippen LogP contribution in [0.3, 0.4) is 0 Å². The summed E-state index contributed by atoms with van der Waals surface area (Å²) in [6.07, 6.45) is 5.47. The summed E-state index contributed by atoms with van der Waals surface area (Å²) in [6, 6.07) is 1.85. The van der Waals surface area contributed by atoms with E-state index < -0.39 is 0 Å². The molecule has 0 radical (unpaired) electrons. The average Bonchev–Trinajstić information content (AvgIpc) is 2.78. The molecule has 1 N–H and O–H groups in total. The summed E-state index contributed by atoms with van der Waals surface area (Å²) >= 11 is 3.39. The third-order valence-corrected chi connectivity index (χ3v) is 3.63. The highest BCUT2D eigenvalue weighted by Gasteiger charge is 2.17. The minimum Gasteiger partial charge on any atom is -0.376 e. The smallest absolute Gasteiger partial charge is 0.268 e. The quantitative estimate of drug-likeness (QED) is 0.928. The summed E-state index contributed by atoms with van der Waals surface area (Å²) < 4.78 is 8.46. The number of carbonyl (C=O) groups excluding carboxylic acids is 1. The van der Waals surface area contributed by atoms with Crippen LogP contribution in [0.25, 0.3) is 0 Å².